The molecule has 0 saturated carbocycles. The number of halogens is 2. The SMILES string of the molecule is COc1ccc(CN2CCN(C(c3ccccc3OC)C(O)c3ccccc3)CC2)cc1.Cl.Cl. The van der Waals surface area contributed by atoms with Crippen LogP contribution in [0.2, 0.25) is 0 Å². The number of aliphatic hydroxyl groups excluding tert-OH is 1. The predicted octanol–water partition coefficient (Wildman–Crippen LogP) is 5.14. The normalized spacial score (nSPS) is 16.0. The molecule has 2 unspecified atom stereocenters. The average Bonchev–Trinajstić information content (AvgIpc) is 2.86. The summed E-state index contributed by atoms with van der Waals surface area (Å²) in [5.74, 6) is 1.70. The quantitative estimate of drug-likeness (QED) is 0.460. The van der Waals surface area contributed by atoms with E-state index in [1.165, 1.54) is 5.56 Å². The van der Waals surface area contributed by atoms with Crippen LogP contribution in [-0.4, -0.2) is 55.3 Å². The first kappa shape index (κ1) is 28.0. The summed E-state index contributed by atoms with van der Waals surface area (Å²) in [6, 6.07) is 26.1. The van der Waals surface area contributed by atoms with E-state index in [-0.39, 0.29) is 30.9 Å². The lowest BCUT2D eigenvalue weighted by atomic mass is 9.93. The monoisotopic (exact) mass is 504 g/mol. The highest BCUT2D eigenvalue weighted by Gasteiger charge is 2.33. The summed E-state index contributed by atoms with van der Waals surface area (Å²) in [5, 5.41) is 11.4. The van der Waals surface area contributed by atoms with Crippen LogP contribution in [0.15, 0.2) is 78.9 Å². The third kappa shape index (κ3) is 6.65. The molecule has 2 atom stereocenters. The van der Waals surface area contributed by atoms with E-state index < -0.39 is 6.10 Å². The Kier molecular flexibility index (Phi) is 11.2. The van der Waals surface area contributed by atoms with Gasteiger partial charge in [0.2, 0.25) is 0 Å². The van der Waals surface area contributed by atoms with E-state index in [2.05, 4.69) is 28.0 Å². The zero-order valence-electron chi connectivity index (χ0n) is 19.7. The molecule has 0 amide bonds. The Morgan fingerprint density at radius 1 is 0.765 bits per heavy atom. The lowest BCUT2D eigenvalue weighted by molar-refractivity contribution is 0.0138. The van der Waals surface area contributed by atoms with Crippen LogP contribution in [0.3, 0.4) is 0 Å². The number of ether oxygens (including phenoxy) is 2. The van der Waals surface area contributed by atoms with Crippen LogP contribution in [0, 0.1) is 0 Å². The van der Waals surface area contributed by atoms with Crippen LogP contribution in [0.1, 0.15) is 28.8 Å². The van der Waals surface area contributed by atoms with Crippen LogP contribution >= 0.6 is 24.8 Å². The van der Waals surface area contributed by atoms with Crippen LogP contribution in [-0.2, 0) is 6.54 Å². The summed E-state index contributed by atoms with van der Waals surface area (Å²) in [5.41, 5.74) is 3.23. The Bertz CT molecular complexity index is 981. The fourth-order valence-corrected chi connectivity index (χ4v) is 4.50. The molecule has 1 N–H and O–H groups in total. The second-order valence-electron chi connectivity index (χ2n) is 8.20. The van der Waals surface area contributed by atoms with Gasteiger partial charge >= 0.3 is 0 Å². The summed E-state index contributed by atoms with van der Waals surface area (Å²) >= 11 is 0. The lowest BCUT2D eigenvalue weighted by Crippen LogP contribution is -2.48. The van der Waals surface area contributed by atoms with Gasteiger partial charge in [0.25, 0.3) is 0 Å². The maximum atomic E-state index is 11.4. The molecule has 7 heteroatoms. The summed E-state index contributed by atoms with van der Waals surface area (Å²) in [4.78, 5) is 4.85. The molecule has 1 heterocycles. The number of para-hydroxylation sites is 1. The van der Waals surface area contributed by atoms with Crippen molar-refractivity contribution >= 4 is 24.8 Å². The molecule has 4 rings (SSSR count). The number of methoxy groups -OCH3 is 2. The molecule has 0 aromatic heterocycles. The molecule has 1 fully saturated rings. The molecule has 5 nitrogen and oxygen atoms in total. The van der Waals surface area contributed by atoms with E-state index in [1.807, 2.05) is 60.7 Å². The van der Waals surface area contributed by atoms with Crippen molar-refractivity contribution in [3.05, 3.63) is 95.6 Å². The van der Waals surface area contributed by atoms with Gasteiger partial charge in [-0.15, -0.1) is 24.8 Å². The fourth-order valence-electron chi connectivity index (χ4n) is 4.50. The highest BCUT2D eigenvalue weighted by atomic mass is 35.5. The van der Waals surface area contributed by atoms with Gasteiger partial charge in [-0.05, 0) is 29.3 Å². The molecule has 3 aromatic carbocycles. The van der Waals surface area contributed by atoms with Crippen LogP contribution < -0.4 is 9.47 Å². The fraction of sp³-hybridized carbons (Fsp3) is 0.333. The first-order chi connectivity index (χ1) is 15.7. The summed E-state index contributed by atoms with van der Waals surface area (Å²) in [6.07, 6.45) is -0.638. The first-order valence-electron chi connectivity index (χ1n) is 11.1. The van der Waals surface area contributed by atoms with Crippen molar-refractivity contribution in [1.82, 2.24) is 9.80 Å². The number of hydrogen-bond acceptors (Lipinski definition) is 5. The number of rotatable bonds is 8. The zero-order chi connectivity index (χ0) is 22.3. The number of piperazine rings is 1. The molecule has 1 saturated heterocycles. The van der Waals surface area contributed by atoms with Crippen molar-refractivity contribution in [3.8, 4) is 11.5 Å². The van der Waals surface area contributed by atoms with E-state index in [4.69, 9.17) is 9.47 Å². The predicted molar refractivity (Wildman–Crippen MR) is 141 cm³/mol. The van der Waals surface area contributed by atoms with Crippen molar-refractivity contribution in [2.75, 3.05) is 40.4 Å². The van der Waals surface area contributed by atoms with E-state index in [9.17, 15) is 5.11 Å². The molecular weight excluding hydrogens is 471 g/mol. The first-order valence-corrected chi connectivity index (χ1v) is 11.1. The van der Waals surface area contributed by atoms with Gasteiger partial charge in [-0.2, -0.15) is 0 Å². The summed E-state index contributed by atoms with van der Waals surface area (Å²) < 4.78 is 10.9. The minimum atomic E-state index is -0.638. The molecule has 0 bridgehead atoms. The maximum absolute atomic E-state index is 11.4. The highest BCUT2D eigenvalue weighted by molar-refractivity contribution is 5.85. The van der Waals surface area contributed by atoms with Gasteiger partial charge in [0, 0.05) is 38.3 Å². The number of nitrogens with zero attached hydrogens (tertiary/aromatic N) is 2. The van der Waals surface area contributed by atoms with Crippen LogP contribution in [0.25, 0.3) is 0 Å². The zero-order valence-corrected chi connectivity index (χ0v) is 21.3. The minimum absolute atomic E-state index is 0. The van der Waals surface area contributed by atoms with Gasteiger partial charge < -0.3 is 14.6 Å². The van der Waals surface area contributed by atoms with Crippen molar-refractivity contribution in [2.24, 2.45) is 0 Å². The van der Waals surface area contributed by atoms with Crippen molar-refractivity contribution < 1.29 is 14.6 Å². The maximum Gasteiger partial charge on any atom is 0.123 e. The Labute approximate surface area is 215 Å². The third-order valence-corrected chi connectivity index (χ3v) is 6.26. The molecule has 184 valence electrons. The van der Waals surface area contributed by atoms with E-state index in [0.717, 1.165) is 55.3 Å². The van der Waals surface area contributed by atoms with Crippen LogP contribution in [0.4, 0.5) is 0 Å². The highest BCUT2D eigenvalue weighted by Crippen LogP contribution is 2.39. The van der Waals surface area contributed by atoms with E-state index in [1.54, 1.807) is 14.2 Å². The number of hydrogen-bond donors (Lipinski definition) is 1. The smallest absolute Gasteiger partial charge is 0.123 e. The average molecular weight is 505 g/mol. The van der Waals surface area contributed by atoms with Crippen molar-refractivity contribution in [3.63, 3.8) is 0 Å². The molecule has 34 heavy (non-hydrogen) atoms. The van der Waals surface area contributed by atoms with Gasteiger partial charge in [0.15, 0.2) is 0 Å². The molecule has 1 aliphatic rings. The van der Waals surface area contributed by atoms with Crippen molar-refractivity contribution in [2.45, 2.75) is 18.7 Å². The molecule has 3 aromatic rings. The Hall–Kier alpha value is -2.28. The van der Waals surface area contributed by atoms with Gasteiger partial charge in [0.1, 0.15) is 11.5 Å². The van der Waals surface area contributed by atoms with Gasteiger partial charge in [-0.25, -0.2) is 0 Å². The minimum Gasteiger partial charge on any atom is -0.497 e. The van der Waals surface area contributed by atoms with Crippen LogP contribution in [0.5, 0.6) is 11.5 Å². The molecule has 1 aliphatic heterocycles. The lowest BCUT2D eigenvalue weighted by Gasteiger charge is -2.41. The molecular formula is C27H34Cl2N2O3. The second kappa shape index (κ2) is 13.6. The summed E-state index contributed by atoms with van der Waals surface area (Å²) in [6.45, 7) is 4.56. The largest absolute Gasteiger partial charge is 0.497 e. The standard InChI is InChI=1S/C27H32N2O3.2ClH/c1-31-23-14-12-21(13-15-23)20-28-16-18-29(19-17-28)26(24-10-6-7-11-25(24)32-2)27(30)22-8-4-3-5-9-22;;/h3-15,26-27,30H,16-20H2,1-2H3;2*1H. The van der Waals surface area contributed by atoms with E-state index in [0.29, 0.717) is 0 Å². The van der Waals surface area contributed by atoms with Gasteiger partial charge in [-0.1, -0.05) is 60.7 Å². The molecule has 0 radical (unpaired) electrons. The number of benzene rings is 3. The van der Waals surface area contributed by atoms with Crippen molar-refractivity contribution in [1.29, 1.82) is 0 Å². The molecule has 0 spiro atoms. The topological polar surface area (TPSA) is 45.2 Å². The van der Waals surface area contributed by atoms with Gasteiger partial charge in [0.05, 0.1) is 26.4 Å². The van der Waals surface area contributed by atoms with E-state index >= 15 is 0 Å². The number of aliphatic hydroxyl groups is 1. The second-order valence-corrected chi connectivity index (χ2v) is 8.20. The third-order valence-electron chi connectivity index (χ3n) is 6.26. The Balaban J connectivity index is 0.00000204. The Morgan fingerprint density at radius 2 is 1.38 bits per heavy atom. The Morgan fingerprint density at radius 3 is 2.00 bits per heavy atom. The van der Waals surface area contributed by atoms with Gasteiger partial charge in [-0.3, -0.25) is 9.80 Å². The molecule has 0 aliphatic carbocycles. The summed E-state index contributed by atoms with van der Waals surface area (Å²) in [7, 11) is 3.38.